The maximum atomic E-state index is 12.2. The molecule has 0 atom stereocenters. The van der Waals surface area contributed by atoms with Crippen molar-refractivity contribution in [2.24, 2.45) is 5.92 Å². The minimum atomic E-state index is -0.251. The number of benzene rings is 1. The lowest BCUT2D eigenvalue weighted by atomic mass is 10.2. The van der Waals surface area contributed by atoms with Gasteiger partial charge in [-0.2, -0.15) is 5.10 Å². The number of nitrogens with zero attached hydrogens (tertiary/aromatic N) is 2. The van der Waals surface area contributed by atoms with Crippen LogP contribution in [0, 0.1) is 12.8 Å². The van der Waals surface area contributed by atoms with Crippen molar-refractivity contribution in [2.75, 3.05) is 11.9 Å². The predicted molar refractivity (Wildman–Crippen MR) is 102 cm³/mol. The topological polar surface area (TPSA) is 56.1 Å². The fourth-order valence-electron chi connectivity index (χ4n) is 2.41. The molecule has 1 amide bonds. The first-order valence-electron chi connectivity index (χ1n) is 8.36. The third kappa shape index (κ3) is 5.10. The normalized spacial score (nSPS) is 11.3. The summed E-state index contributed by atoms with van der Waals surface area (Å²) >= 11 is 6.38. The quantitative estimate of drug-likeness (QED) is 0.736. The molecule has 0 aliphatic carbocycles. The van der Waals surface area contributed by atoms with E-state index in [4.69, 9.17) is 16.3 Å². The van der Waals surface area contributed by atoms with Crippen LogP contribution in [0.15, 0.2) is 30.3 Å². The van der Waals surface area contributed by atoms with E-state index >= 15 is 0 Å². The van der Waals surface area contributed by atoms with Crippen LogP contribution in [0.25, 0.3) is 6.08 Å². The Labute approximate surface area is 153 Å². The number of amides is 1. The third-order valence-corrected chi connectivity index (χ3v) is 3.89. The van der Waals surface area contributed by atoms with E-state index in [1.165, 1.54) is 6.08 Å². The van der Waals surface area contributed by atoms with Crippen LogP contribution in [-0.4, -0.2) is 22.3 Å². The number of carbonyl (C=O) groups is 1. The number of para-hydroxylation sites is 2. The zero-order valence-electron chi connectivity index (χ0n) is 15.0. The van der Waals surface area contributed by atoms with Crippen LogP contribution in [0.4, 0.5) is 5.69 Å². The number of carbonyl (C=O) groups excluding carboxylic acids is 1. The van der Waals surface area contributed by atoms with Gasteiger partial charge in [0.15, 0.2) is 0 Å². The molecule has 0 aliphatic heterocycles. The molecule has 2 rings (SSSR count). The van der Waals surface area contributed by atoms with Gasteiger partial charge in [-0.05, 0) is 38.0 Å². The molecular formula is C19H24ClN3O2. The Hall–Kier alpha value is -2.27. The molecule has 0 radical (unpaired) electrons. The lowest BCUT2D eigenvalue weighted by molar-refractivity contribution is -0.111. The number of anilines is 1. The van der Waals surface area contributed by atoms with E-state index in [2.05, 4.69) is 24.3 Å². The molecule has 0 unspecified atom stereocenters. The van der Waals surface area contributed by atoms with Crippen molar-refractivity contribution in [3.8, 4) is 5.75 Å². The molecular weight excluding hydrogens is 338 g/mol. The second-order valence-corrected chi connectivity index (χ2v) is 6.48. The van der Waals surface area contributed by atoms with Crippen molar-refractivity contribution in [1.29, 1.82) is 0 Å². The fraction of sp³-hybridized carbons (Fsp3) is 0.368. The Morgan fingerprint density at radius 3 is 2.80 bits per heavy atom. The van der Waals surface area contributed by atoms with Crippen LogP contribution in [0.3, 0.4) is 0 Å². The van der Waals surface area contributed by atoms with E-state index in [0.717, 1.165) is 17.8 Å². The molecule has 25 heavy (non-hydrogen) atoms. The zero-order chi connectivity index (χ0) is 18.4. The highest BCUT2D eigenvalue weighted by molar-refractivity contribution is 6.31. The lowest BCUT2D eigenvalue weighted by Gasteiger charge is -2.09. The van der Waals surface area contributed by atoms with Gasteiger partial charge in [0.2, 0.25) is 5.91 Å². The van der Waals surface area contributed by atoms with Crippen LogP contribution in [0.1, 0.15) is 32.0 Å². The summed E-state index contributed by atoms with van der Waals surface area (Å²) in [6.07, 6.45) is 3.15. The summed E-state index contributed by atoms with van der Waals surface area (Å²) in [5, 5.41) is 7.80. The van der Waals surface area contributed by atoms with Crippen LogP contribution in [-0.2, 0) is 11.3 Å². The number of ether oxygens (including phenoxy) is 1. The average molecular weight is 362 g/mol. The first-order valence-corrected chi connectivity index (χ1v) is 8.74. The van der Waals surface area contributed by atoms with Crippen molar-refractivity contribution in [3.05, 3.63) is 46.8 Å². The summed E-state index contributed by atoms with van der Waals surface area (Å²) in [5.74, 6) is 0.831. The van der Waals surface area contributed by atoms with Gasteiger partial charge in [-0.15, -0.1) is 0 Å². The molecule has 134 valence electrons. The molecule has 6 heteroatoms. The molecule has 1 aromatic heterocycles. The van der Waals surface area contributed by atoms with Gasteiger partial charge in [-0.1, -0.05) is 37.6 Å². The van der Waals surface area contributed by atoms with Gasteiger partial charge in [0, 0.05) is 18.2 Å². The van der Waals surface area contributed by atoms with Crippen LogP contribution >= 0.6 is 11.6 Å². The molecule has 1 heterocycles. The Kier molecular flexibility index (Phi) is 6.65. The van der Waals surface area contributed by atoms with Gasteiger partial charge in [-0.25, -0.2) is 0 Å². The van der Waals surface area contributed by atoms with Crippen molar-refractivity contribution in [2.45, 2.75) is 34.2 Å². The molecule has 1 N–H and O–H groups in total. The highest BCUT2D eigenvalue weighted by atomic mass is 35.5. The minimum absolute atomic E-state index is 0.251. The van der Waals surface area contributed by atoms with E-state index in [1.807, 2.05) is 32.0 Å². The molecule has 5 nitrogen and oxygen atoms in total. The number of hydrogen-bond donors (Lipinski definition) is 1. The number of aromatic nitrogens is 2. The van der Waals surface area contributed by atoms with E-state index < -0.39 is 0 Å². The Bertz CT molecular complexity index is 766. The largest absolute Gasteiger partial charge is 0.492 e. The summed E-state index contributed by atoms with van der Waals surface area (Å²) in [6, 6.07) is 7.33. The highest BCUT2D eigenvalue weighted by Gasteiger charge is 2.12. The molecule has 0 saturated carbocycles. The van der Waals surface area contributed by atoms with Crippen LogP contribution in [0.5, 0.6) is 5.75 Å². The van der Waals surface area contributed by atoms with Crippen LogP contribution in [0.2, 0.25) is 5.15 Å². The van der Waals surface area contributed by atoms with E-state index in [0.29, 0.717) is 29.1 Å². The van der Waals surface area contributed by atoms with E-state index in [1.54, 1.807) is 16.8 Å². The predicted octanol–water partition coefficient (Wildman–Crippen LogP) is 4.55. The van der Waals surface area contributed by atoms with Crippen LogP contribution < -0.4 is 10.1 Å². The summed E-state index contributed by atoms with van der Waals surface area (Å²) < 4.78 is 7.27. The monoisotopic (exact) mass is 361 g/mol. The summed E-state index contributed by atoms with van der Waals surface area (Å²) in [7, 11) is 0. The maximum Gasteiger partial charge on any atom is 0.248 e. The van der Waals surface area contributed by atoms with Gasteiger partial charge in [0.25, 0.3) is 0 Å². The van der Waals surface area contributed by atoms with Gasteiger partial charge >= 0.3 is 0 Å². The SMILES string of the molecule is CCOc1ccccc1NC(=O)/C=C/c1c(C)nn(CC(C)C)c1Cl. The fourth-order valence-corrected chi connectivity index (χ4v) is 2.71. The second kappa shape index (κ2) is 8.72. The van der Waals surface area contributed by atoms with E-state index in [9.17, 15) is 4.79 Å². The Balaban J connectivity index is 2.12. The van der Waals surface area contributed by atoms with Gasteiger partial charge in [0.1, 0.15) is 10.9 Å². The first kappa shape index (κ1) is 19.1. The van der Waals surface area contributed by atoms with Crippen molar-refractivity contribution >= 4 is 29.3 Å². The van der Waals surface area contributed by atoms with Gasteiger partial charge in [0.05, 0.1) is 18.0 Å². The Morgan fingerprint density at radius 2 is 2.12 bits per heavy atom. The number of rotatable bonds is 7. The summed E-state index contributed by atoms with van der Waals surface area (Å²) in [4.78, 5) is 12.2. The first-order chi connectivity index (χ1) is 11.9. The number of hydrogen-bond acceptors (Lipinski definition) is 3. The highest BCUT2D eigenvalue weighted by Crippen LogP contribution is 2.24. The van der Waals surface area contributed by atoms with Crippen molar-refractivity contribution < 1.29 is 9.53 Å². The molecule has 1 aromatic carbocycles. The minimum Gasteiger partial charge on any atom is -0.492 e. The zero-order valence-corrected chi connectivity index (χ0v) is 15.8. The van der Waals surface area contributed by atoms with Gasteiger partial charge in [-0.3, -0.25) is 9.48 Å². The number of aryl methyl sites for hydroxylation is 1. The smallest absolute Gasteiger partial charge is 0.248 e. The summed E-state index contributed by atoms with van der Waals surface area (Å²) in [6.45, 7) is 9.26. The van der Waals surface area contributed by atoms with E-state index in [-0.39, 0.29) is 5.91 Å². The molecule has 0 fully saturated rings. The maximum absolute atomic E-state index is 12.2. The summed E-state index contributed by atoms with van der Waals surface area (Å²) in [5.41, 5.74) is 2.19. The van der Waals surface area contributed by atoms with Gasteiger partial charge < -0.3 is 10.1 Å². The Morgan fingerprint density at radius 1 is 1.40 bits per heavy atom. The standard InChI is InChI=1S/C19H24ClN3O2/c1-5-25-17-9-7-6-8-16(17)21-18(24)11-10-15-14(4)22-23(19(15)20)12-13(2)3/h6-11,13H,5,12H2,1-4H3,(H,21,24)/b11-10+. The molecule has 0 spiro atoms. The average Bonchev–Trinajstić information content (AvgIpc) is 2.81. The lowest BCUT2D eigenvalue weighted by Crippen LogP contribution is -2.09. The molecule has 0 aliphatic rings. The number of nitrogens with one attached hydrogen (secondary N) is 1. The number of halogens is 1. The third-order valence-electron chi connectivity index (χ3n) is 3.49. The molecule has 0 bridgehead atoms. The second-order valence-electron chi connectivity index (χ2n) is 6.12. The van der Waals surface area contributed by atoms with Crippen molar-refractivity contribution in [3.63, 3.8) is 0 Å². The molecule has 2 aromatic rings. The van der Waals surface area contributed by atoms with Crippen molar-refractivity contribution in [1.82, 2.24) is 9.78 Å². The molecule has 0 saturated heterocycles.